The minimum Gasteiger partial charge on any atom is -0.493 e. The van der Waals surface area contributed by atoms with E-state index in [4.69, 9.17) is 18.9 Å². The normalized spacial score (nSPS) is 15.4. The van der Waals surface area contributed by atoms with E-state index in [0.29, 0.717) is 30.5 Å². The zero-order chi connectivity index (χ0) is 19.1. The van der Waals surface area contributed by atoms with Gasteiger partial charge in [0.05, 0.1) is 40.6 Å². The molecule has 1 heterocycles. The van der Waals surface area contributed by atoms with Crippen LogP contribution in [0, 0.1) is 11.8 Å². The molecule has 0 bridgehead atoms. The third-order valence-corrected chi connectivity index (χ3v) is 4.54. The van der Waals surface area contributed by atoms with Crippen molar-refractivity contribution >= 4 is 0 Å². The molecule has 3 rings (SSSR count). The molecule has 0 spiro atoms. The largest absolute Gasteiger partial charge is 0.493 e. The van der Waals surface area contributed by atoms with Crippen LogP contribution >= 0.6 is 0 Å². The number of rotatable bonds is 5. The first-order valence-electron chi connectivity index (χ1n) is 8.95. The summed E-state index contributed by atoms with van der Waals surface area (Å²) in [5, 5.41) is 0. The second-order valence-electron chi connectivity index (χ2n) is 6.14. The molecule has 0 N–H and O–H groups in total. The zero-order valence-corrected chi connectivity index (χ0v) is 16.0. The Morgan fingerprint density at radius 3 is 2.11 bits per heavy atom. The van der Waals surface area contributed by atoms with Crippen molar-refractivity contribution in [3.63, 3.8) is 0 Å². The van der Waals surface area contributed by atoms with Gasteiger partial charge in [-0.05, 0) is 29.8 Å². The quantitative estimate of drug-likeness (QED) is 0.760. The Morgan fingerprint density at radius 1 is 0.926 bits per heavy atom. The SMILES string of the molecule is COc1cc(C(C#Cc2ccccc2)N2CCOCC2)cc(OC)c1OC. The predicted octanol–water partition coefficient (Wildman–Crippen LogP) is 3.14. The van der Waals surface area contributed by atoms with Gasteiger partial charge in [-0.25, -0.2) is 0 Å². The lowest BCUT2D eigenvalue weighted by atomic mass is 10.0. The van der Waals surface area contributed by atoms with Gasteiger partial charge in [0.2, 0.25) is 5.75 Å². The summed E-state index contributed by atoms with van der Waals surface area (Å²) in [6, 6.07) is 13.9. The van der Waals surface area contributed by atoms with Crippen molar-refractivity contribution in [1.29, 1.82) is 0 Å². The molecule has 5 nitrogen and oxygen atoms in total. The third kappa shape index (κ3) is 4.54. The van der Waals surface area contributed by atoms with Gasteiger partial charge < -0.3 is 18.9 Å². The van der Waals surface area contributed by atoms with Crippen molar-refractivity contribution in [2.45, 2.75) is 6.04 Å². The molecule has 0 radical (unpaired) electrons. The fraction of sp³-hybridized carbons (Fsp3) is 0.364. The van der Waals surface area contributed by atoms with E-state index in [1.807, 2.05) is 42.5 Å². The van der Waals surface area contributed by atoms with Gasteiger partial charge >= 0.3 is 0 Å². The van der Waals surface area contributed by atoms with E-state index in [9.17, 15) is 0 Å². The first kappa shape index (κ1) is 19.1. The van der Waals surface area contributed by atoms with Crippen LogP contribution in [0.2, 0.25) is 0 Å². The number of morpholine rings is 1. The summed E-state index contributed by atoms with van der Waals surface area (Å²) < 4.78 is 22.0. The highest BCUT2D eigenvalue weighted by Crippen LogP contribution is 2.40. The molecule has 1 saturated heterocycles. The molecule has 1 unspecified atom stereocenters. The van der Waals surface area contributed by atoms with Crippen molar-refractivity contribution in [3.05, 3.63) is 53.6 Å². The Kier molecular flexibility index (Phi) is 6.59. The smallest absolute Gasteiger partial charge is 0.203 e. The highest BCUT2D eigenvalue weighted by atomic mass is 16.5. The number of benzene rings is 2. The zero-order valence-electron chi connectivity index (χ0n) is 16.0. The highest BCUT2D eigenvalue weighted by molar-refractivity contribution is 5.55. The maximum atomic E-state index is 5.52. The summed E-state index contributed by atoms with van der Waals surface area (Å²) in [4.78, 5) is 2.32. The van der Waals surface area contributed by atoms with Gasteiger partial charge in [-0.15, -0.1) is 0 Å². The number of hydrogen-bond donors (Lipinski definition) is 0. The van der Waals surface area contributed by atoms with Gasteiger partial charge in [0.25, 0.3) is 0 Å². The number of nitrogens with zero attached hydrogens (tertiary/aromatic N) is 1. The molecule has 0 amide bonds. The first-order chi connectivity index (χ1) is 13.3. The lowest BCUT2D eigenvalue weighted by Gasteiger charge is -2.32. The van der Waals surface area contributed by atoms with Crippen LogP contribution < -0.4 is 14.2 Å². The van der Waals surface area contributed by atoms with Crippen LogP contribution in [0.4, 0.5) is 0 Å². The number of hydrogen-bond acceptors (Lipinski definition) is 5. The van der Waals surface area contributed by atoms with E-state index in [-0.39, 0.29) is 6.04 Å². The van der Waals surface area contributed by atoms with Gasteiger partial charge in [-0.2, -0.15) is 0 Å². The van der Waals surface area contributed by atoms with Crippen LogP contribution in [-0.4, -0.2) is 52.5 Å². The Balaban J connectivity index is 2.03. The molecule has 1 atom stereocenters. The molecule has 0 saturated carbocycles. The molecule has 1 aliphatic rings. The van der Waals surface area contributed by atoms with Crippen molar-refractivity contribution in [3.8, 4) is 29.1 Å². The van der Waals surface area contributed by atoms with Crippen molar-refractivity contribution in [2.75, 3.05) is 47.6 Å². The topological polar surface area (TPSA) is 40.2 Å². The fourth-order valence-corrected chi connectivity index (χ4v) is 3.15. The van der Waals surface area contributed by atoms with Gasteiger partial charge in [0.15, 0.2) is 11.5 Å². The average Bonchev–Trinajstić information content (AvgIpc) is 2.74. The van der Waals surface area contributed by atoms with Crippen LogP contribution in [-0.2, 0) is 4.74 Å². The molecule has 1 aliphatic heterocycles. The van der Waals surface area contributed by atoms with Crippen molar-refractivity contribution in [1.82, 2.24) is 4.90 Å². The second kappa shape index (κ2) is 9.31. The van der Waals surface area contributed by atoms with Gasteiger partial charge in [0.1, 0.15) is 0 Å². The maximum absolute atomic E-state index is 5.52. The minimum absolute atomic E-state index is 0.0946. The Labute approximate surface area is 160 Å². The summed E-state index contributed by atoms with van der Waals surface area (Å²) in [5.41, 5.74) is 2.00. The average molecular weight is 367 g/mol. The number of ether oxygens (including phenoxy) is 4. The van der Waals surface area contributed by atoms with E-state index < -0.39 is 0 Å². The first-order valence-corrected chi connectivity index (χ1v) is 8.95. The van der Waals surface area contributed by atoms with Crippen LogP contribution in [0.5, 0.6) is 17.2 Å². The van der Waals surface area contributed by atoms with Gasteiger partial charge in [0, 0.05) is 18.7 Å². The molecule has 142 valence electrons. The van der Waals surface area contributed by atoms with Crippen LogP contribution in [0.3, 0.4) is 0 Å². The lowest BCUT2D eigenvalue weighted by Crippen LogP contribution is -2.38. The van der Waals surface area contributed by atoms with Gasteiger partial charge in [-0.3, -0.25) is 4.90 Å². The molecular weight excluding hydrogens is 342 g/mol. The summed E-state index contributed by atoms with van der Waals surface area (Å²) in [7, 11) is 4.86. The maximum Gasteiger partial charge on any atom is 0.203 e. The molecule has 27 heavy (non-hydrogen) atoms. The molecule has 2 aromatic carbocycles. The van der Waals surface area contributed by atoms with Gasteiger partial charge in [-0.1, -0.05) is 30.0 Å². The summed E-state index contributed by atoms with van der Waals surface area (Å²) in [6.45, 7) is 3.05. The summed E-state index contributed by atoms with van der Waals surface area (Å²) >= 11 is 0. The lowest BCUT2D eigenvalue weighted by molar-refractivity contribution is 0.0269. The Bertz CT molecular complexity index is 779. The van der Waals surface area contributed by atoms with E-state index in [0.717, 1.165) is 24.2 Å². The van der Waals surface area contributed by atoms with Crippen molar-refractivity contribution in [2.24, 2.45) is 0 Å². The highest BCUT2D eigenvalue weighted by Gasteiger charge is 2.24. The second-order valence-corrected chi connectivity index (χ2v) is 6.14. The molecular formula is C22H25NO4. The summed E-state index contributed by atoms with van der Waals surface area (Å²) in [6.07, 6.45) is 0. The fourth-order valence-electron chi connectivity index (χ4n) is 3.15. The molecule has 1 fully saturated rings. The van der Waals surface area contributed by atoms with Crippen LogP contribution in [0.15, 0.2) is 42.5 Å². The molecule has 0 aliphatic carbocycles. The Hall–Kier alpha value is -2.68. The van der Waals surface area contributed by atoms with Crippen LogP contribution in [0.25, 0.3) is 0 Å². The van der Waals surface area contributed by atoms with Crippen LogP contribution in [0.1, 0.15) is 17.2 Å². The molecule has 2 aromatic rings. The van der Waals surface area contributed by atoms with E-state index in [2.05, 4.69) is 16.7 Å². The summed E-state index contributed by atoms with van der Waals surface area (Å²) in [5.74, 6) is 8.58. The minimum atomic E-state index is -0.0946. The van der Waals surface area contributed by atoms with E-state index in [1.165, 1.54) is 0 Å². The Morgan fingerprint density at radius 2 is 1.56 bits per heavy atom. The number of methoxy groups -OCH3 is 3. The van der Waals surface area contributed by atoms with E-state index >= 15 is 0 Å². The predicted molar refractivity (Wildman–Crippen MR) is 105 cm³/mol. The van der Waals surface area contributed by atoms with E-state index in [1.54, 1.807) is 21.3 Å². The standard InChI is InChI=1S/C22H25NO4/c1-24-20-15-18(16-21(25-2)22(20)26-3)19(23-11-13-27-14-12-23)10-9-17-7-5-4-6-8-17/h4-8,15-16,19H,11-14H2,1-3H3. The molecule has 0 aromatic heterocycles. The van der Waals surface area contributed by atoms with Crippen molar-refractivity contribution < 1.29 is 18.9 Å². The monoisotopic (exact) mass is 367 g/mol. The molecule has 5 heteroatoms. The third-order valence-electron chi connectivity index (χ3n) is 4.54.